The fourth-order valence-corrected chi connectivity index (χ4v) is 5.41. The maximum Gasteiger partial charge on any atom is 0.303 e. The van der Waals surface area contributed by atoms with Gasteiger partial charge in [0.1, 0.15) is 0 Å². The number of ketones is 1. The highest BCUT2D eigenvalue weighted by molar-refractivity contribution is 6.02. The summed E-state index contributed by atoms with van der Waals surface area (Å²) < 4.78 is 5.58. The van der Waals surface area contributed by atoms with E-state index < -0.39 is 23.1 Å². The molecule has 144 valence electrons. The van der Waals surface area contributed by atoms with Crippen molar-refractivity contribution in [3.63, 3.8) is 0 Å². The van der Waals surface area contributed by atoms with Gasteiger partial charge in [-0.25, -0.2) is 0 Å². The Kier molecular flexibility index (Phi) is 4.93. The molecule has 26 heavy (non-hydrogen) atoms. The van der Waals surface area contributed by atoms with Gasteiger partial charge in [0.2, 0.25) is 0 Å². The van der Waals surface area contributed by atoms with Gasteiger partial charge in [0.25, 0.3) is 0 Å². The van der Waals surface area contributed by atoms with Crippen molar-refractivity contribution in [2.75, 3.05) is 0 Å². The lowest BCUT2D eigenvalue weighted by molar-refractivity contribution is -0.162. The second kappa shape index (κ2) is 6.63. The maximum absolute atomic E-state index is 13.3. The van der Waals surface area contributed by atoms with E-state index in [1.165, 1.54) is 6.92 Å². The Hall–Kier alpha value is -1.42. The fraction of sp³-hybridized carbons (Fsp3) is 0.727. The molecule has 1 unspecified atom stereocenters. The maximum atomic E-state index is 13.3. The lowest BCUT2D eigenvalue weighted by atomic mass is 9.60. The van der Waals surface area contributed by atoms with Crippen LogP contribution in [0.15, 0.2) is 22.8 Å². The molecule has 0 aromatic carbocycles. The van der Waals surface area contributed by atoms with Gasteiger partial charge in [-0.05, 0) is 63.0 Å². The lowest BCUT2D eigenvalue weighted by Gasteiger charge is -2.46. The van der Waals surface area contributed by atoms with Crippen molar-refractivity contribution in [2.24, 2.45) is 17.3 Å². The number of ether oxygens (including phenoxy) is 1. The first kappa shape index (κ1) is 19.3. The van der Waals surface area contributed by atoms with E-state index in [1.807, 2.05) is 20.8 Å². The van der Waals surface area contributed by atoms with E-state index in [4.69, 9.17) is 4.74 Å². The molecule has 0 aromatic rings. The van der Waals surface area contributed by atoms with Gasteiger partial charge in [0.15, 0.2) is 11.9 Å². The van der Waals surface area contributed by atoms with Crippen molar-refractivity contribution >= 4 is 11.8 Å². The summed E-state index contributed by atoms with van der Waals surface area (Å²) in [7, 11) is 0. The molecule has 0 saturated heterocycles. The monoisotopic (exact) mass is 360 g/mol. The van der Waals surface area contributed by atoms with Crippen LogP contribution in [0, 0.1) is 17.3 Å². The number of allylic oxidation sites excluding steroid dienone is 2. The van der Waals surface area contributed by atoms with E-state index in [0.717, 1.165) is 48.8 Å². The molecule has 4 nitrogen and oxygen atoms in total. The zero-order chi connectivity index (χ0) is 19.3. The summed E-state index contributed by atoms with van der Waals surface area (Å²) in [4.78, 5) is 25.0. The van der Waals surface area contributed by atoms with Gasteiger partial charge in [0.05, 0.1) is 5.60 Å². The van der Waals surface area contributed by atoms with E-state index in [9.17, 15) is 14.7 Å². The van der Waals surface area contributed by atoms with Gasteiger partial charge >= 0.3 is 5.97 Å². The Morgan fingerprint density at radius 1 is 1.31 bits per heavy atom. The number of aliphatic hydroxyl groups is 1. The molecule has 3 rings (SSSR count). The zero-order valence-electron chi connectivity index (χ0n) is 16.7. The first-order valence-electron chi connectivity index (χ1n) is 9.92. The van der Waals surface area contributed by atoms with Gasteiger partial charge in [-0.1, -0.05) is 31.9 Å². The predicted octanol–water partition coefficient (Wildman–Crippen LogP) is 4.12. The minimum absolute atomic E-state index is 0.0304. The van der Waals surface area contributed by atoms with Crippen molar-refractivity contribution in [3.05, 3.63) is 22.8 Å². The number of rotatable bonds is 1. The summed E-state index contributed by atoms with van der Waals surface area (Å²) >= 11 is 0. The summed E-state index contributed by atoms with van der Waals surface area (Å²) in [5.41, 5.74) is 1.50. The number of esters is 1. The minimum Gasteiger partial charge on any atom is -0.454 e. The lowest BCUT2D eigenvalue weighted by Crippen LogP contribution is -2.51. The predicted molar refractivity (Wildman–Crippen MR) is 100 cm³/mol. The first-order valence-corrected chi connectivity index (χ1v) is 9.92. The Morgan fingerprint density at radius 3 is 2.65 bits per heavy atom. The van der Waals surface area contributed by atoms with Crippen molar-refractivity contribution in [3.8, 4) is 0 Å². The van der Waals surface area contributed by atoms with Crippen molar-refractivity contribution in [1.82, 2.24) is 0 Å². The Morgan fingerprint density at radius 2 is 2.00 bits per heavy atom. The SMILES string of the molecule is CC(=O)O[C@H]1C(=O)C2=C(C)[C@H]3C(=CC[C@@]31C)[C@](C)(O)CCCC(C)CC2. The van der Waals surface area contributed by atoms with Gasteiger partial charge in [-0.3, -0.25) is 9.59 Å². The molecule has 0 fully saturated rings. The van der Waals surface area contributed by atoms with Crippen LogP contribution >= 0.6 is 0 Å². The summed E-state index contributed by atoms with van der Waals surface area (Å²) in [6.45, 7) is 9.55. The molecule has 0 aromatic heterocycles. The Labute approximate surface area is 156 Å². The van der Waals surface area contributed by atoms with Crippen LogP contribution in [0.5, 0.6) is 0 Å². The highest BCUT2D eigenvalue weighted by Gasteiger charge is 2.57. The smallest absolute Gasteiger partial charge is 0.303 e. The highest BCUT2D eigenvalue weighted by atomic mass is 16.5. The van der Waals surface area contributed by atoms with Crippen LogP contribution in [0.2, 0.25) is 0 Å². The second-order valence-electron chi connectivity index (χ2n) is 9.13. The van der Waals surface area contributed by atoms with E-state index >= 15 is 0 Å². The molecule has 1 N–H and O–H groups in total. The minimum atomic E-state index is -0.889. The number of carbonyl (C=O) groups is 2. The largest absolute Gasteiger partial charge is 0.454 e. The number of hydrogen-bond acceptors (Lipinski definition) is 4. The van der Waals surface area contributed by atoms with Gasteiger partial charge < -0.3 is 9.84 Å². The van der Waals surface area contributed by atoms with E-state index in [0.29, 0.717) is 12.3 Å². The van der Waals surface area contributed by atoms with Gasteiger partial charge in [0, 0.05) is 18.3 Å². The molecular formula is C22H32O4. The molecular weight excluding hydrogens is 328 g/mol. The molecule has 0 radical (unpaired) electrons. The number of Topliss-reactive ketones (excluding diaryl/α,β-unsaturated/α-hetero) is 1. The summed E-state index contributed by atoms with van der Waals surface area (Å²) in [5, 5.41) is 11.3. The normalized spacial score (nSPS) is 40.8. The van der Waals surface area contributed by atoms with Crippen LogP contribution in [-0.4, -0.2) is 28.6 Å². The number of hydrogen-bond donors (Lipinski definition) is 1. The summed E-state index contributed by atoms with van der Waals surface area (Å²) in [6, 6.07) is 0. The molecule has 2 bridgehead atoms. The van der Waals surface area contributed by atoms with E-state index in [2.05, 4.69) is 13.0 Å². The topological polar surface area (TPSA) is 63.6 Å². The van der Waals surface area contributed by atoms with Crippen LogP contribution in [0.4, 0.5) is 0 Å². The number of carbonyl (C=O) groups excluding carboxylic acids is 2. The van der Waals surface area contributed by atoms with Crippen LogP contribution in [0.1, 0.15) is 73.1 Å². The van der Waals surface area contributed by atoms with Crippen LogP contribution in [-0.2, 0) is 14.3 Å². The molecule has 3 aliphatic rings. The molecule has 0 spiro atoms. The Bertz CT molecular complexity index is 684. The van der Waals surface area contributed by atoms with Crippen LogP contribution in [0.25, 0.3) is 0 Å². The second-order valence-corrected chi connectivity index (χ2v) is 9.13. The van der Waals surface area contributed by atoms with E-state index in [-0.39, 0.29) is 11.7 Å². The molecule has 0 heterocycles. The van der Waals surface area contributed by atoms with Gasteiger partial charge in [-0.15, -0.1) is 0 Å². The quantitative estimate of drug-likeness (QED) is 0.564. The summed E-state index contributed by atoms with van der Waals surface area (Å²) in [6.07, 6.45) is 6.43. The van der Waals surface area contributed by atoms with Crippen molar-refractivity contribution in [2.45, 2.75) is 84.8 Å². The van der Waals surface area contributed by atoms with Crippen LogP contribution in [0.3, 0.4) is 0 Å². The third-order valence-electron chi connectivity index (χ3n) is 6.93. The van der Waals surface area contributed by atoms with Gasteiger partial charge in [-0.2, -0.15) is 0 Å². The zero-order valence-corrected chi connectivity index (χ0v) is 16.7. The first-order chi connectivity index (χ1) is 12.1. The standard InChI is InChI=1S/C22H32O4/c1-13-7-6-11-22(5,25)17-10-12-21(4)18(17)14(2)16(9-8-13)19(24)20(21)26-15(3)23/h10,13,18,20,25H,6-9,11-12H2,1-5H3/t13?,18-,20-,21-,22+/m0/s1. The molecule has 5 atom stereocenters. The van der Waals surface area contributed by atoms with Crippen molar-refractivity contribution < 1.29 is 19.4 Å². The molecule has 4 heteroatoms. The average Bonchev–Trinajstić information content (AvgIpc) is 2.89. The molecule has 0 aliphatic heterocycles. The van der Waals surface area contributed by atoms with Crippen molar-refractivity contribution in [1.29, 1.82) is 0 Å². The van der Waals surface area contributed by atoms with E-state index in [1.54, 1.807) is 0 Å². The molecule has 0 saturated carbocycles. The Balaban J connectivity index is 2.14. The summed E-state index contributed by atoms with van der Waals surface area (Å²) in [5.74, 6) is 0.0200. The van der Waals surface area contributed by atoms with Crippen LogP contribution < -0.4 is 0 Å². The average molecular weight is 360 g/mol. The third-order valence-corrected chi connectivity index (χ3v) is 6.93. The highest BCUT2D eigenvalue weighted by Crippen LogP contribution is 2.57. The molecule has 3 aliphatic carbocycles. The third kappa shape index (κ3) is 3.06. The molecule has 0 amide bonds. The fourth-order valence-electron chi connectivity index (χ4n) is 5.41.